The van der Waals surface area contributed by atoms with E-state index in [2.05, 4.69) is 30.5 Å². The molecule has 1 aromatic carbocycles. The summed E-state index contributed by atoms with van der Waals surface area (Å²) in [5.41, 5.74) is -0.560. The summed E-state index contributed by atoms with van der Waals surface area (Å²) >= 11 is 6.06. The van der Waals surface area contributed by atoms with Crippen LogP contribution < -0.4 is 0 Å². The molecule has 0 saturated carbocycles. The molecule has 0 unspecified atom stereocenters. The lowest BCUT2D eigenvalue weighted by Gasteiger charge is -2.33. The number of amides is 1. The molecule has 4 aromatic rings. The van der Waals surface area contributed by atoms with Crippen LogP contribution in [0.15, 0.2) is 43.0 Å². The zero-order chi connectivity index (χ0) is 29.1. The van der Waals surface area contributed by atoms with Crippen molar-refractivity contribution in [2.75, 3.05) is 0 Å². The Morgan fingerprint density at radius 2 is 1.93 bits per heavy atom. The Bertz CT molecular complexity index is 1670. The maximum atomic E-state index is 15.3. The van der Waals surface area contributed by atoms with Gasteiger partial charge in [-0.05, 0) is 53.5 Å². The maximum Gasteiger partial charge on any atom is 0.420 e. The Morgan fingerprint density at radius 1 is 1.12 bits per heavy atom. The first-order chi connectivity index (χ1) is 19.5. The molecule has 5 heterocycles. The van der Waals surface area contributed by atoms with Gasteiger partial charge in [0.15, 0.2) is 17.7 Å². The van der Waals surface area contributed by atoms with Crippen LogP contribution in [-0.4, -0.2) is 63.3 Å². The first kappa shape index (κ1) is 27.0. The van der Waals surface area contributed by atoms with Gasteiger partial charge >= 0.3 is 6.18 Å². The van der Waals surface area contributed by atoms with Crippen LogP contribution in [0.25, 0.3) is 22.5 Å². The molecule has 3 aromatic heterocycles. The van der Waals surface area contributed by atoms with E-state index < -0.39 is 41.6 Å². The summed E-state index contributed by atoms with van der Waals surface area (Å²) in [7, 11) is 0. The Hall–Kier alpha value is -4.24. The van der Waals surface area contributed by atoms with Gasteiger partial charge in [0.2, 0.25) is 5.91 Å². The standard InChI is InChI=1S/C25H18ClF5N8O2/c26-14-2-4-16(38-10-34-36-37-38)19(21(14)28)11-7-12-1-3-17(39(12)18(40)8-11)24-33-9-15(35-24)13-5-6-32-22(20(13)27)23(41)25(29,30)31/h2,4-6,8-10,12,17,23,41H,1,3,7H2,(H,33,35)/t12-,17+,23-/m1/s1. The van der Waals surface area contributed by atoms with E-state index >= 15 is 4.39 Å². The number of fused-ring (bicyclic) bond motifs is 1. The number of hydrogen-bond acceptors (Lipinski definition) is 7. The number of imidazole rings is 1. The predicted molar refractivity (Wildman–Crippen MR) is 132 cm³/mol. The second kappa shape index (κ2) is 9.99. The zero-order valence-corrected chi connectivity index (χ0v) is 21.4. The summed E-state index contributed by atoms with van der Waals surface area (Å²) in [6, 6.07) is 3.20. The van der Waals surface area contributed by atoms with Crippen molar-refractivity contribution in [3.63, 3.8) is 0 Å². The molecule has 1 fully saturated rings. The number of rotatable bonds is 5. The largest absolute Gasteiger partial charge is 0.420 e. The van der Waals surface area contributed by atoms with Gasteiger partial charge in [-0.3, -0.25) is 9.78 Å². The van der Waals surface area contributed by atoms with Crippen LogP contribution >= 0.6 is 11.6 Å². The van der Waals surface area contributed by atoms with Gasteiger partial charge in [-0.1, -0.05) is 11.6 Å². The van der Waals surface area contributed by atoms with Crippen LogP contribution in [0.4, 0.5) is 22.0 Å². The van der Waals surface area contributed by atoms with Crippen LogP contribution in [0, 0.1) is 11.6 Å². The number of aliphatic hydroxyl groups is 1. The number of benzene rings is 1. The van der Waals surface area contributed by atoms with Crippen molar-refractivity contribution in [2.24, 2.45) is 0 Å². The molecule has 0 radical (unpaired) electrons. The van der Waals surface area contributed by atoms with E-state index in [-0.39, 0.29) is 27.9 Å². The Kier molecular flexibility index (Phi) is 6.57. The molecular weight excluding hydrogens is 575 g/mol. The highest BCUT2D eigenvalue weighted by molar-refractivity contribution is 6.31. The number of aromatic nitrogens is 7. The molecule has 10 nitrogen and oxygen atoms in total. The van der Waals surface area contributed by atoms with Crippen molar-refractivity contribution in [3.05, 3.63) is 76.7 Å². The summed E-state index contributed by atoms with van der Waals surface area (Å²) in [5.74, 6) is -2.18. The van der Waals surface area contributed by atoms with Crippen LogP contribution in [-0.2, 0) is 4.79 Å². The van der Waals surface area contributed by atoms with Gasteiger partial charge in [0.1, 0.15) is 17.8 Å². The minimum atomic E-state index is -5.10. The average Bonchev–Trinajstić information content (AvgIpc) is 3.70. The number of H-pyrrole nitrogens is 1. The van der Waals surface area contributed by atoms with Gasteiger partial charge < -0.3 is 15.0 Å². The van der Waals surface area contributed by atoms with Gasteiger partial charge in [0.25, 0.3) is 0 Å². The number of hydrogen-bond donors (Lipinski definition) is 2. The van der Waals surface area contributed by atoms with E-state index in [0.29, 0.717) is 36.3 Å². The molecule has 6 rings (SSSR count). The van der Waals surface area contributed by atoms with Gasteiger partial charge in [0, 0.05) is 29.4 Å². The van der Waals surface area contributed by atoms with E-state index in [9.17, 15) is 27.5 Å². The number of nitrogens with zero attached hydrogens (tertiary/aromatic N) is 7. The molecule has 2 N–H and O–H groups in total. The third-order valence-corrected chi connectivity index (χ3v) is 7.48. The highest BCUT2D eigenvalue weighted by Crippen LogP contribution is 2.44. The maximum absolute atomic E-state index is 15.3. The third kappa shape index (κ3) is 4.64. The molecule has 2 aliphatic heterocycles. The van der Waals surface area contributed by atoms with Gasteiger partial charge in [0.05, 0.1) is 28.6 Å². The molecule has 0 bridgehead atoms. The predicted octanol–water partition coefficient (Wildman–Crippen LogP) is 4.49. The average molecular weight is 593 g/mol. The number of pyridine rings is 1. The van der Waals surface area contributed by atoms with Gasteiger partial charge in [-0.15, -0.1) is 5.10 Å². The van der Waals surface area contributed by atoms with Crippen LogP contribution in [0.3, 0.4) is 0 Å². The minimum Gasteiger partial charge on any atom is -0.378 e. The summed E-state index contributed by atoms with van der Waals surface area (Å²) < 4.78 is 70.4. The molecule has 1 amide bonds. The van der Waals surface area contributed by atoms with E-state index in [1.807, 2.05) is 0 Å². The van der Waals surface area contributed by atoms with Gasteiger partial charge in [-0.2, -0.15) is 17.9 Å². The number of alkyl halides is 3. The molecular formula is C25H18ClF5N8O2. The van der Waals surface area contributed by atoms with Crippen molar-refractivity contribution in [1.82, 2.24) is 40.1 Å². The highest BCUT2D eigenvalue weighted by Gasteiger charge is 2.44. The lowest BCUT2D eigenvalue weighted by atomic mass is 9.92. The van der Waals surface area contributed by atoms with E-state index in [0.717, 1.165) is 12.3 Å². The van der Waals surface area contributed by atoms with Crippen molar-refractivity contribution < 1.29 is 31.9 Å². The quantitative estimate of drug-likeness (QED) is 0.327. The molecule has 0 spiro atoms. The Balaban J connectivity index is 1.30. The zero-order valence-electron chi connectivity index (χ0n) is 20.6. The second-order valence-corrected chi connectivity index (χ2v) is 9.97. The number of tetrazole rings is 1. The number of carbonyl (C=O) groups is 1. The second-order valence-electron chi connectivity index (χ2n) is 9.56. The smallest absolute Gasteiger partial charge is 0.378 e. The first-order valence-corrected chi connectivity index (χ1v) is 12.6. The normalized spacial score (nSPS) is 19.8. The summed E-state index contributed by atoms with van der Waals surface area (Å²) in [4.78, 5) is 25.5. The molecule has 3 atom stereocenters. The molecule has 0 aliphatic carbocycles. The van der Waals surface area contributed by atoms with Crippen molar-refractivity contribution in [1.29, 1.82) is 0 Å². The number of aliphatic hydroxyl groups excluding tert-OH is 1. The molecule has 2 aliphatic rings. The van der Waals surface area contributed by atoms with Crippen molar-refractivity contribution >= 4 is 23.1 Å². The van der Waals surface area contributed by atoms with Crippen LogP contribution in [0.1, 0.15) is 48.5 Å². The Labute approximate surface area is 232 Å². The van der Waals surface area contributed by atoms with E-state index in [1.165, 1.54) is 29.3 Å². The summed E-state index contributed by atoms with van der Waals surface area (Å²) in [6.07, 6.45) is -2.10. The fraction of sp³-hybridized carbons (Fsp3) is 0.280. The minimum absolute atomic E-state index is 0.0479. The fourth-order valence-electron chi connectivity index (χ4n) is 5.36. The molecule has 212 valence electrons. The number of carbonyl (C=O) groups excluding carboxylic acids is 1. The fourth-order valence-corrected chi connectivity index (χ4v) is 5.52. The summed E-state index contributed by atoms with van der Waals surface area (Å²) in [5, 5.41) is 20.4. The lowest BCUT2D eigenvalue weighted by molar-refractivity contribution is -0.208. The number of halogens is 6. The lowest BCUT2D eigenvalue weighted by Crippen LogP contribution is -2.39. The molecule has 16 heteroatoms. The Morgan fingerprint density at radius 3 is 2.66 bits per heavy atom. The molecule has 1 saturated heterocycles. The van der Waals surface area contributed by atoms with Crippen molar-refractivity contribution in [2.45, 2.75) is 43.6 Å². The molecule has 41 heavy (non-hydrogen) atoms. The summed E-state index contributed by atoms with van der Waals surface area (Å²) in [6.45, 7) is 0. The first-order valence-electron chi connectivity index (χ1n) is 12.2. The number of nitrogens with one attached hydrogen (secondary N) is 1. The van der Waals surface area contributed by atoms with Crippen LogP contribution in [0.2, 0.25) is 5.02 Å². The van der Waals surface area contributed by atoms with Crippen LogP contribution in [0.5, 0.6) is 0 Å². The number of aromatic amines is 1. The SMILES string of the molecule is O=C1C=C(c2c(-n3cnnn3)ccc(Cl)c2F)C[C@H]2CC[C@@H](c3ncc(-c4ccnc([C@@H](O)C(F)(F)F)c4F)[nH]3)N12. The van der Waals surface area contributed by atoms with Crippen molar-refractivity contribution in [3.8, 4) is 16.9 Å². The van der Waals surface area contributed by atoms with E-state index in [4.69, 9.17) is 11.6 Å². The monoisotopic (exact) mass is 592 g/mol. The van der Waals surface area contributed by atoms with Gasteiger partial charge in [-0.25, -0.2) is 13.8 Å². The topological polar surface area (TPSA) is 126 Å². The highest BCUT2D eigenvalue weighted by atomic mass is 35.5. The third-order valence-electron chi connectivity index (χ3n) is 7.19. The van der Waals surface area contributed by atoms with E-state index in [1.54, 1.807) is 11.0 Å².